The highest BCUT2D eigenvalue weighted by Gasteiger charge is 2.24. The molecule has 8 nitrogen and oxygen atoms in total. The van der Waals surface area contributed by atoms with Gasteiger partial charge in [-0.1, -0.05) is 12.1 Å². The maximum atomic E-state index is 10.8. The van der Waals surface area contributed by atoms with Crippen LogP contribution in [-0.4, -0.2) is 38.0 Å². The van der Waals surface area contributed by atoms with E-state index in [-0.39, 0.29) is 23.4 Å². The summed E-state index contributed by atoms with van der Waals surface area (Å²) in [6.07, 6.45) is -2.42. The number of benzene rings is 1. The maximum absolute atomic E-state index is 10.8. The van der Waals surface area contributed by atoms with Gasteiger partial charge in [0.2, 0.25) is 0 Å². The Kier molecular flexibility index (Phi) is 3.24. The zero-order valence-electron chi connectivity index (χ0n) is 9.28. The van der Waals surface area contributed by atoms with Crippen molar-refractivity contribution in [1.82, 2.24) is 10.2 Å². The van der Waals surface area contributed by atoms with Gasteiger partial charge >= 0.3 is 0 Å². The van der Waals surface area contributed by atoms with E-state index in [1.54, 1.807) is 6.07 Å². The number of aliphatic hydroxyl groups excluding tert-OH is 2. The molecule has 0 spiro atoms. The molecular formula is C10H12N4O4. The summed E-state index contributed by atoms with van der Waals surface area (Å²) in [6, 6.07) is 4.38. The zero-order chi connectivity index (χ0) is 13.3. The van der Waals surface area contributed by atoms with Crippen LogP contribution in [0.1, 0.15) is 11.8 Å². The molecule has 1 aromatic carbocycles. The highest BCUT2D eigenvalue weighted by atomic mass is 16.6. The summed E-state index contributed by atoms with van der Waals surface area (Å²) in [4.78, 5) is 10.2. The summed E-state index contributed by atoms with van der Waals surface area (Å²) < 4.78 is 0. The van der Waals surface area contributed by atoms with Crippen LogP contribution in [0.3, 0.4) is 0 Å². The molecule has 2 rings (SSSR count). The molecular weight excluding hydrogens is 240 g/mol. The lowest BCUT2D eigenvalue weighted by molar-refractivity contribution is -0.383. The van der Waals surface area contributed by atoms with E-state index in [1.807, 2.05) is 0 Å². The van der Waals surface area contributed by atoms with Crippen LogP contribution in [0.2, 0.25) is 0 Å². The molecule has 8 heteroatoms. The molecule has 0 fully saturated rings. The number of rotatable bonds is 4. The second kappa shape index (κ2) is 4.69. The van der Waals surface area contributed by atoms with Gasteiger partial charge in [0, 0.05) is 18.0 Å². The minimum atomic E-state index is -1.26. The molecule has 0 aliphatic carbocycles. The van der Waals surface area contributed by atoms with Crippen LogP contribution in [-0.2, 0) is 0 Å². The first kappa shape index (κ1) is 12.4. The molecule has 1 heterocycles. The first-order valence-electron chi connectivity index (χ1n) is 5.23. The number of hydrogen-bond acceptors (Lipinski definition) is 6. The smallest absolute Gasteiger partial charge is 0.297 e. The van der Waals surface area contributed by atoms with Gasteiger partial charge in [0.15, 0.2) is 5.52 Å². The van der Waals surface area contributed by atoms with E-state index in [1.165, 1.54) is 12.1 Å². The SMILES string of the molecule is NCC(O)C(O)c1[nH]nc2c([N+](=O)[O-])cccc12. The summed E-state index contributed by atoms with van der Waals surface area (Å²) in [5, 5.41) is 36.8. The van der Waals surface area contributed by atoms with Crippen molar-refractivity contribution in [1.29, 1.82) is 0 Å². The number of aliphatic hydroxyl groups is 2. The van der Waals surface area contributed by atoms with Gasteiger partial charge in [-0.3, -0.25) is 15.2 Å². The number of aromatic amines is 1. The molecule has 1 aromatic heterocycles. The summed E-state index contributed by atoms with van der Waals surface area (Å²) in [7, 11) is 0. The Labute approximate surface area is 101 Å². The van der Waals surface area contributed by atoms with E-state index in [9.17, 15) is 20.3 Å². The molecule has 0 saturated heterocycles. The number of nitro groups is 1. The van der Waals surface area contributed by atoms with Crippen molar-refractivity contribution in [2.24, 2.45) is 5.73 Å². The molecule has 2 aromatic rings. The Morgan fingerprint density at radius 2 is 2.22 bits per heavy atom. The number of nitro benzene ring substituents is 1. The van der Waals surface area contributed by atoms with Gasteiger partial charge in [-0.25, -0.2) is 0 Å². The normalized spacial score (nSPS) is 14.6. The second-order valence-electron chi connectivity index (χ2n) is 3.82. The monoisotopic (exact) mass is 252 g/mol. The van der Waals surface area contributed by atoms with Crippen LogP contribution in [0.5, 0.6) is 0 Å². The first-order chi connectivity index (χ1) is 8.56. The number of para-hydroxylation sites is 1. The Balaban J connectivity index is 2.55. The Morgan fingerprint density at radius 3 is 2.83 bits per heavy atom. The molecule has 5 N–H and O–H groups in total. The van der Waals surface area contributed by atoms with E-state index in [4.69, 9.17) is 5.73 Å². The van der Waals surface area contributed by atoms with Gasteiger partial charge in [0.1, 0.15) is 6.10 Å². The Bertz CT molecular complexity index is 582. The molecule has 18 heavy (non-hydrogen) atoms. The molecule has 0 aliphatic heterocycles. The number of nitrogens with two attached hydrogens (primary N) is 1. The average molecular weight is 252 g/mol. The third kappa shape index (κ3) is 1.92. The van der Waals surface area contributed by atoms with Crippen LogP contribution in [0, 0.1) is 10.1 Å². The van der Waals surface area contributed by atoms with Gasteiger partial charge in [0.05, 0.1) is 16.7 Å². The minimum absolute atomic E-state index is 0.128. The number of H-pyrrole nitrogens is 1. The molecule has 96 valence electrons. The van der Waals surface area contributed by atoms with Crippen LogP contribution in [0.4, 0.5) is 5.69 Å². The fourth-order valence-electron chi connectivity index (χ4n) is 1.74. The van der Waals surface area contributed by atoms with Crippen molar-refractivity contribution >= 4 is 16.6 Å². The number of nitrogens with zero attached hydrogens (tertiary/aromatic N) is 2. The Hall–Kier alpha value is -2.03. The van der Waals surface area contributed by atoms with Crippen LogP contribution in [0.25, 0.3) is 10.9 Å². The topological polar surface area (TPSA) is 138 Å². The molecule has 0 aliphatic rings. The van der Waals surface area contributed by atoms with Gasteiger partial charge in [-0.05, 0) is 0 Å². The second-order valence-corrected chi connectivity index (χ2v) is 3.82. The minimum Gasteiger partial charge on any atom is -0.389 e. The van der Waals surface area contributed by atoms with Gasteiger partial charge in [-0.2, -0.15) is 5.10 Å². The van der Waals surface area contributed by atoms with E-state index in [2.05, 4.69) is 10.2 Å². The number of fused-ring (bicyclic) bond motifs is 1. The summed E-state index contributed by atoms with van der Waals surface area (Å²) >= 11 is 0. The standard InChI is InChI=1S/C10H12N4O4/c11-4-7(15)10(16)9-5-2-1-3-6(14(17)18)8(5)12-13-9/h1-3,7,10,15-16H,4,11H2,(H,12,13). The lowest BCUT2D eigenvalue weighted by atomic mass is 10.1. The van der Waals surface area contributed by atoms with Crippen LogP contribution >= 0.6 is 0 Å². The lowest BCUT2D eigenvalue weighted by Crippen LogP contribution is -2.27. The number of nitrogens with one attached hydrogen (secondary N) is 1. The Morgan fingerprint density at radius 1 is 1.50 bits per heavy atom. The third-order valence-electron chi connectivity index (χ3n) is 2.69. The van der Waals surface area contributed by atoms with E-state index in [0.29, 0.717) is 5.39 Å². The number of aromatic nitrogens is 2. The highest BCUT2D eigenvalue weighted by molar-refractivity contribution is 5.89. The van der Waals surface area contributed by atoms with Crippen molar-refractivity contribution in [3.8, 4) is 0 Å². The molecule has 0 radical (unpaired) electrons. The van der Waals surface area contributed by atoms with Crippen molar-refractivity contribution in [3.05, 3.63) is 34.0 Å². The molecule has 2 atom stereocenters. The predicted molar refractivity (Wildman–Crippen MR) is 62.8 cm³/mol. The average Bonchev–Trinajstić information content (AvgIpc) is 2.80. The van der Waals surface area contributed by atoms with Gasteiger partial charge in [0.25, 0.3) is 5.69 Å². The van der Waals surface area contributed by atoms with E-state index >= 15 is 0 Å². The van der Waals surface area contributed by atoms with Crippen LogP contribution in [0.15, 0.2) is 18.2 Å². The lowest BCUT2D eigenvalue weighted by Gasteiger charge is -2.14. The maximum Gasteiger partial charge on any atom is 0.297 e. The molecule has 0 bridgehead atoms. The van der Waals surface area contributed by atoms with Crippen molar-refractivity contribution in [3.63, 3.8) is 0 Å². The predicted octanol–water partition coefficient (Wildman–Crippen LogP) is -0.176. The van der Waals surface area contributed by atoms with Crippen molar-refractivity contribution < 1.29 is 15.1 Å². The van der Waals surface area contributed by atoms with E-state index < -0.39 is 17.1 Å². The largest absolute Gasteiger partial charge is 0.389 e. The van der Waals surface area contributed by atoms with Crippen molar-refractivity contribution in [2.75, 3.05) is 6.54 Å². The summed E-state index contributed by atoms with van der Waals surface area (Å²) in [5.74, 6) is 0. The summed E-state index contributed by atoms with van der Waals surface area (Å²) in [6.45, 7) is -0.128. The number of hydrogen-bond donors (Lipinski definition) is 4. The third-order valence-corrected chi connectivity index (χ3v) is 2.69. The van der Waals surface area contributed by atoms with Crippen molar-refractivity contribution in [2.45, 2.75) is 12.2 Å². The molecule has 2 unspecified atom stereocenters. The van der Waals surface area contributed by atoms with E-state index in [0.717, 1.165) is 0 Å². The fraction of sp³-hybridized carbons (Fsp3) is 0.300. The highest BCUT2D eigenvalue weighted by Crippen LogP contribution is 2.29. The first-order valence-corrected chi connectivity index (χ1v) is 5.23. The molecule has 0 saturated carbocycles. The van der Waals surface area contributed by atoms with Crippen LogP contribution < -0.4 is 5.73 Å². The molecule has 0 amide bonds. The van der Waals surface area contributed by atoms with Gasteiger partial charge < -0.3 is 15.9 Å². The fourth-order valence-corrected chi connectivity index (χ4v) is 1.74. The zero-order valence-corrected chi connectivity index (χ0v) is 9.28. The van der Waals surface area contributed by atoms with Gasteiger partial charge in [-0.15, -0.1) is 0 Å². The quantitative estimate of drug-likeness (QED) is 0.440. The summed E-state index contributed by atoms with van der Waals surface area (Å²) in [5.41, 5.74) is 5.44. The number of non-ortho nitro benzene ring substituents is 1.